The number of pyridine rings is 1. The van der Waals surface area contributed by atoms with Gasteiger partial charge in [0.25, 0.3) is 5.91 Å². The monoisotopic (exact) mass is 368 g/mol. The summed E-state index contributed by atoms with van der Waals surface area (Å²) in [5, 5.41) is 3.21. The Morgan fingerprint density at radius 2 is 2.19 bits per heavy atom. The third-order valence-electron chi connectivity index (χ3n) is 2.61. The molecule has 1 aromatic carbocycles. The number of aromatic nitrogens is 1. The standard InChI is InChI=1S/C15H14BrClN2O2/c1-2-7-21-14-6-4-11(8-12(14)17)19-15(20)13-5-3-10(16)9-18-13/h3-6,8-9H,2,7H2,1H3,(H,19,20). The molecule has 0 bridgehead atoms. The number of nitrogens with zero attached hydrogens (tertiary/aromatic N) is 1. The maximum absolute atomic E-state index is 12.0. The summed E-state index contributed by atoms with van der Waals surface area (Å²) in [4.78, 5) is 16.1. The minimum Gasteiger partial charge on any atom is -0.492 e. The first kappa shape index (κ1) is 15.8. The number of hydrogen-bond donors (Lipinski definition) is 1. The number of hydrogen-bond acceptors (Lipinski definition) is 3. The van der Waals surface area contributed by atoms with E-state index in [1.807, 2.05) is 6.92 Å². The van der Waals surface area contributed by atoms with E-state index in [0.29, 0.717) is 28.8 Å². The molecule has 0 unspecified atom stereocenters. The Kier molecular flexibility index (Phi) is 5.59. The number of carbonyl (C=O) groups is 1. The third-order valence-corrected chi connectivity index (χ3v) is 3.38. The molecular formula is C15H14BrClN2O2. The topological polar surface area (TPSA) is 51.2 Å². The lowest BCUT2D eigenvalue weighted by molar-refractivity contribution is 0.102. The molecule has 110 valence electrons. The van der Waals surface area contributed by atoms with Gasteiger partial charge in [-0.15, -0.1) is 0 Å². The second kappa shape index (κ2) is 7.43. The quantitative estimate of drug-likeness (QED) is 0.842. The van der Waals surface area contributed by atoms with E-state index in [2.05, 4.69) is 26.2 Å². The minimum atomic E-state index is -0.291. The van der Waals surface area contributed by atoms with Crippen LogP contribution in [-0.2, 0) is 0 Å². The van der Waals surface area contributed by atoms with Crippen molar-refractivity contribution in [3.8, 4) is 5.75 Å². The Morgan fingerprint density at radius 1 is 1.38 bits per heavy atom. The van der Waals surface area contributed by atoms with Crippen molar-refractivity contribution < 1.29 is 9.53 Å². The largest absolute Gasteiger partial charge is 0.492 e. The van der Waals surface area contributed by atoms with Gasteiger partial charge in [0.1, 0.15) is 11.4 Å². The molecule has 1 aromatic heterocycles. The highest BCUT2D eigenvalue weighted by Gasteiger charge is 2.09. The van der Waals surface area contributed by atoms with Crippen LogP contribution in [0.25, 0.3) is 0 Å². The molecule has 1 amide bonds. The number of halogens is 2. The first-order valence-corrected chi connectivity index (χ1v) is 7.62. The summed E-state index contributed by atoms with van der Waals surface area (Å²) in [6, 6.07) is 8.54. The normalized spacial score (nSPS) is 10.2. The van der Waals surface area contributed by atoms with Gasteiger partial charge in [-0.05, 0) is 52.7 Å². The molecular weight excluding hydrogens is 356 g/mol. The zero-order valence-corrected chi connectivity index (χ0v) is 13.7. The van der Waals surface area contributed by atoms with E-state index in [1.54, 1.807) is 36.5 Å². The van der Waals surface area contributed by atoms with Crippen molar-refractivity contribution >= 4 is 39.1 Å². The number of anilines is 1. The van der Waals surface area contributed by atoms with Crippen molar-refractivity contribution in [2.45, 2.75) is 13.3 Å². The maximum atomic E-state index is 12.0. The van der Waals surface area contributed by atoms with Crippen molar-refractivity contribution in [1.29, 1.82) is 0 Å². The molecule has 0 radical (unpaired) electrons. The molecule has 0 spiro atoms. The van der Waals surface area contributed by atoms with E-state index in [9.17, 15) is 4.79 Å². The molecule has 6 heteroatoms. The molecule has 0 fully saturated rings. The molecule has 2 rings (SSSR count). The highest BCUT2D eigenvalue weighted by atomic mass is 79.9. The Morgan fingerprint density at radius 3 is 2.81 bits per heavy atom. The van der Waals surface area contributed by atoms with Gasteiger partial charge in [0, 0.05) is 16.4 Å². The molecule has 1 heterocycles. The Hall–Kier alpha value is -1.59. The van der Waals surface area contributed by atoms with Crippen LogP contribution >= 0.6 is 27.5 Å². The summed E-state index contributed by atoms with van der Waals surface area (Å²) in [7, 11) is 0. The zero-order chi connectivity index (χ0) is 15.2. The van der Waals surface area contributed by atoms with Crippen LogP contribution in [0.5, 0.6) is 5.75 Å². The summed E-state index contributed by atoms with van der Waals surface area (Å²) < 4.78 is 6.30. The molecule has 0 atom stereocenters. The van der Waals surface area contributed by atoms with Crippen LogP contribution in [0.2, 0.25) is 5.02 Å². The fraction of sp³-hybridized carbons (Fsp3) is 0.200. The molecule has 0 saturated heterocycles. The predicted octanol–water partition coefficient (Wildman–Crippen LogP) is 4.54. The van der Waals surface area contributed by atoms with Gasteiger partial charge < -0.3 is 10.1 Å². The highest BCUT2D eigenvalue weighted by molar-refractivity contribution is 9.10. The Bertz CT molecular complexity index is 632. The molecule has 21 heavy (non-hydrogen) atoms. The summed E-state index contributed by atoms with van der Waals surface area (Å²) >= 11 is 9.39. The van der Waals surface area contributed by atoms with Gasteiger partial charge >= 0.3 is 0 Å². The average molecular weight is 370 g/mol. The van der Waals surface area contributed by atoms with Crippen LogP contribution < -0.4 is 10.1 Å². The molecule has 4 nitrogen and oxygen atoms in total. The van der Waals surface area contributed by atoms with E-state index in [0.717, 1.165) is 10.9 Å². The fourth-order valence-corrected chi connectivity index (χ4v) is 2.08. The Labute approximate surface area is 136 Å². The molecule has 2 aromatic rings. The fourth-order valence-electron chi connectivity index (χ4n) is 1.61. The van der Waals surface area contributed by atoms with Gasteiger partial charge in [0.05, 0.1) is 11.6 Å². The summed E-state index contributed by atoms with van der Waals surface area (Å²) in [6.07, 6.45) is 2.48. The number of benzene rings is 1. The van der Waals surface area contributed by atoms with E-state index in [4.69, 9.17) is 16.3 Å². The molecule has 0 aliphatic carbocycles. The van der Waals surface area contributed by atoms with E-state index < -0.39 is 0 Å². The smallest absolute Gasteiger partial charge is 0.274 e. The molecule has 0 saturated carbocycles. The van der Waals surface area contributed by atoms with Crippen LogP contribution in [0.3, 0.4) is 0 Å². The first-order chi connectivity index (χ1) is 10.1. The van der Waals surface area contributed by atoms with Crippen molar-refractivity contribution in [3.05, 3.63) is 51.7 Å². The molecule has 0 aliphatic heterocycles. The maximum Gasteiger partial charge on any atom is 0.274 e. The summed E-state index contributed by atoms with van der Waals surface area (Å²) in [6.45, 7) is 2.63. The number of nitrogens with one attached hydrogen (secondary N) is 1. The lowest BCUT2D eigenvalue weighted by atomic mass is 10.2. The minimum absolute atomic E-state index is 0.291. The number of amides is 1. The van der Waals surface area contributed by atoms with Crippen LogP contribution in [0.1, 0.15) is 23.8 Å². The van der Waals surface area contributed by atoms with Gasteiger partial charge in [-0.2, -0.15) is 0 Å². The summed E-state index contributed by atoms with van der Waals surface area (Å²) in [5.41, 5.74) is 0.930. The van der Waals surface area contributed by atoms with Crippen LogP contribution in [0.15, 0.2) is 41.0 Å². The van der Waals surface area contributed by atoms with Crippen molar-refractivity contribution in [2.75, 3.05) is 11.9 Å². The van der Waals surface area contributed by atoms with E-state index in [1.165, 1.54) is 0 Å². The highest BCUT2D eigenvalue weighted by Crippen LogP contribution is 2.28. The van der Waals surface area contributed by atoms with Crippen molar-refractivity contribution in [1.82, 2.24) is 4.98 Å². The van der Waals surface area contributed by atoms with Crippen LogP contribution in [0.4, 0.5) is 5.69 Å². The van der Waals surface area contributed by atoms with Crippen molar-refractivity contribution in [3.63, 3.8) is 0 Å². The predicted molar refractivity (Wildman–Crippen MR) is 87.1 cm³/mol. The SMILES string of the molecule is CCCOc1ccc(NC(=O)c2ccc(Br)cn2)cc1Cl. The number of carbonyl (C=O) groups excluding carboxylic acids is 1. The zero-order valence-electron chi connectivity index (χ0n) is 11.4. The number of rotatable bonds is 5. The lowest BCUT2D eigenvalue weighted by Crippen LogP contribution is -2.13. The Balaban J connectivity index is 2.07. The average Bonchev–Trinajstić information content (AvgIpc) is 2.47. The second-order valence-electron chi connectivity index (χ2n) is 4.31. The van der Waals surface area contributed by atoms with E-state index in [-0.39, 0.29) is 5.91 Å². The lowest BCUT2D eigenvalue weighted by Gasteiger charge is -2.09. The van der Waals surface area contributed by atoms with Gasteiger partial charge in [-0.3, -0.25) is 4.79 Å². The second-order valence-corrected chi connectivity index (χ2v) is 5.63. The van der Waals surface area contributed by atoms with Gasteiger partial charge in [0.15, 0.2) is 0 Å². The van der Waals surface area contributed by atoms with E-state index >= 15 is 0 Å². The van der Waals surface area contributed by atoms with Gasteiger partial charge in [-0.25, -0.2) is 4.98 Å². The van der Waals surface area contributed by atoms with Gasteiger partial charge in [0.2, 0.25) is 0 Å². The van der Waals surface area contributed by atoms with Crippen LogP contribution in [-0.4, -0.2) is 17.5 Å². The van der Waals surface area contributed by atoms with Gasteiger partial charge in [-0.1, -0.05) is 18.5 Å². The molecule has 0 aliphatic rings. The third kappa shape index (κ3) is 4.44. The summed E-state index contributed by atoms with van der Waals surface area (Å²) in [5.74, 6) is 0.319. The number of ether oxygens (including phenoxy) is 1. The van der Waals surface area contributed by atoms with Crippen molar-refractivity contribution in [2.24, 2.45) is 0 Å². The first-order valence-electron chi connectivity index (χ1n) is 6.45. The molecule has 1 N–H and O–H groups in total. The van der Waals surface area contributed by atoms with Crippen LogP contribution in [0, 0.1) is 0 Å².